The van der Waals surface area contributed by atoms with Crippen LogP contribution in [0.3, 0.4) is 0 Å². The number of hydrogen-bond acceptors (Lipinski definition) is 5. The Hall–Kier alpha value is -2.14. The maximum atomic E-state index is 5.52. The average molecular weight is 245 g/mol. The summed E-state index contributed by atoms with van der Waals surface area (Å²) in [5, 5.41) is 0. The lowest BCUT2D eigenvalue weighted by Gasteiger charge is -2.06. The molecule has 0 saturated carbocycles. The average Bonchev–Trinajstić information content (AvgIpc) is 2.40. The Morgan fingerprint density at radius 2 is 1.89 bits per heavy atom. The Balaban J connectivity index is 2.09. The first-order valence-corrected chi connectivity index (χ1v) is 5.73. The van der Waals surface area contributed by atoms with E-state index in [4.69, 9.17) is 15.2 Å². The van der Waals surface area contributed by atoms with E-state index in [1.54, 1.807) is 18.5 Å². The zero-order chi connectivity index (χ0) is 12.8. The summed E-state index contributed by atoms with van der Waals surface area (Å²) in [5.74, 6) is 1.40. The molecule has 1 heterocycles. The number of aromatic nitrogens is 2. The Morgan fingerprint density at radius 1 is 1.17 bits per heavy atom. The van der Waals surface area contributed by atoms with E-state index in [9.17, 15) is 0 Å². The molecule has 5 heteroatoms. The van der Waals surface area contributed by atoms with E-state index in [1.165, 1.54) is 0 Å². The van der Waals surface area contributed by atoms with Gasteiger partial charge in [-0.2, -0.15) is 0 Å². The minimum Gasteiger partial charge on any atom is -0.494 e. The molecule has 2 aromatic rings. The Labute approximate surface area is 106 Å². The second-order valence-electron chi connectivity index (χ2n) is 3.59. The number of ether oxygens (including phenoxy) is 2. The molecule has 1 aromatic heterocycles. The van der Waals surface area contributed by atoms with Crippen molar-refractivity contribution in [1.82, 2.24) is 9.97 Å². The lowest BCUT2D eigenvalue weighted by atomic mass is 10.3. The van der Waals surface area contributed by atoms with Gasteiger partial charge in [0, 0.05) is 30.6 Å². The van der Waals surface area contributed by atoms with E-state index in [1.807, 2.05) is 25.1 Å². The van der Waals surface area contributed by atoms with Gasteiger partial charge < -0.3 is 15.2 Å². The van der Waals surface area contributed by atoms with E-state index in [2.05, 4.69) is 9.97 Å². The van der Waals surface area contributed by atoms with E-state index < -0.39 is 0 Å². The molecule has 0 unspecified atom stereocenters. The fourth-order valence-electron chi connectivity index (χ4n) is 1.40. The van der Waals surface area contributed by atoms with Crippen LogP contribution in [-0.2, 0) is 6.54 Å². The molecule has 94 valence electrons. The third-order valence-electron chi connectivity index (χ3n) is 2.24. The lowest BCUT2D eigenvalue weighted by molar-refractivity contribution is 0.337. The lowest BCUT2D eigenvalue weighted by Crippen LogP contribution is -1.99. The zero-order valence-corrected chi connectivity index (χ0v) is 10.2. The maximum Gasteiger partial charge on any atom is 0.321 e. The predicted octanol–water partition coefficient (Wildman–Crippen LogP) is 2.13. The fraction of sp³-hybridized carbons (Fsp3) is 0.231. The summed E-state index contributed by atoms with van der Waals surface area (Å²) in [6.45, 7) is 2.97. The summed E-state index contributed by atoms with van der Waals surface area (Å²) in [4.78, 5) is 8.13. The van der Waals surface area contributed by atoms with Gasteiger partial charge in [-0.1, -0.05) is 6.07 Å². The van der Waals surface area contributed by atoms with Gasteiger partial charge in [-0.3, -0.25) is 0 Å². The Kier molecular flexibility index (Phi) is 4.09. The topological polar surface area (TPSA) is 70.3 Å². The van der Waals surface area contributed by atoms with Crippen molar-refractivity contribution in [2.45, 2.75) is 13.5 Å². The molecule has 1 aromatic carbocycles. The van der Waals surface area contributed by atoms with Gasteiger partial charge in [0.1, 0.15) is 11.5 Å². The highest BCUT2D eigenvalue weighted by atomic mass is 16.5. The van der Waals surface area contributed by atoms with Crippen LogP contribution in [0, 0.1) is 0 Å². The van der Waals surface area contributed by atoms with Crippen molar-refractivity contribution in [2.75, 3.05) is 6.61 Å². The molecule has 18 heavy (non-hydrogen) atoms. The van der Waals surface area contributed by atoms with Crippen LogP contribution in [0.4, 0.5) is 0 Å². The highest BCUT2D eigenvalue weighted by Gasteiger charge is 2.02. The van der Waals surface area contributed by atoms with Gasteiger partial charge in [0.2, 0.25) is 0 Å². The summed E-state index contributed by atoms with van der Waals surface area (Å²) >= 11 is 0. The minimum absolute atomic E-state index is 0.292. The Morgan fingerprint density at radius 3 is 2.56 bits per heavy atom. The molecule has 2 N–H and O–H groups in total. The molecule has 5 nitrogen and oxygen atoms in total. The smallest absolute Gasteiger partial charge is 0.321 e. The van der Waals surface area contributed by atoms with Gasteiger partial charge in [-0.25, -0.2) is 9.97 Å². The molecule has 0 aliphatic rings. The van der Waals surface area contributed by atoms with Crippen LogP contribution < -0.4 is 15.2 Å². The monoisotopic (exact) mass is 245 g/mol. The largest absolute Gasteiger partial charge is 0.494 e. The fourth-order valence-corrected chi connectivity index (χ4v) is 1.40. The van der Waals surface area contributed by atoms with Gasteiger partial charge in [0.05, 0.1) is 6.61 Å². The number of nitrogens with two attached hydrogens (primary N) is 1. The number of nitrogens with zero attached hydrogens (tertiary/aromatic N) is 2. The van der Waals surface area contributed by atoms with Crippen molar-refractivity contribution in [3.05, 3.63) is 42.2 Å². The molecular formula is C13H15N3O2. The van der Waals surface area contributed by atoms with Crippen molar-refractivity contribution in [1.29, 1.82) is 0 Å². The first kappa shape index (κ1) is 12.3. The first-order valence-electron chi connectivity index (χ1n) is 5.73. The summed E-state index contributed by atoms with van der Waals surface area (Å²) in [7, 11) is 0. The van der Waals surface area contributed by atoms with Crippen LogP contribution >= 0.6 is 0 Å². The second kappa shape index (κ2) is 5.97. The molecule has 0 aliphatic heterocycles. The Bertz CT molecular complexity index is 500. The summed E-state index contributed by atoms with van der Waals surface area (Å²) in [5.41, 5.74) is 6.33. The SMILES string of the molecule is CCOc1cccc(Oc2ncc(CN)cn2)c1. The van der Waals surface area contributed by atoms with Crippen LogP contribution in [0.25, 0.3) is 0 Å². The standard InChI is InChI=1S/C13H15N3O2/c1-2-17-11-4-3-5-12(6-11)18-13-15-8-10(7-14)9-16-13/h3-6,8-9H,2,7,14H2,1H3. The third-order valence-corrected chi connectivity index (χ3v) is 2.24. The quantitative estimate of drug-likeness (QED) is 0.873. The summed E-state index contributed by atoms with van der Waals surface area (Å²) in [6, 6.07) is 7.64. The number of rotatable bonds is 5. The first-order chi connectivity index (χ1) is 8.81. The number of benzene rings is 1. The van der Waals surface area contributed by atoms with E-state index in [-0.39, 0.29) is 0 Å². The van der Waals surface area contributed by atoms with E-state index in [0.29, 0.717) is 24.9 Å². The molecule has 0 spiro atoms. The molecule has 0 aliphatic carbocycles. The highest BCUT2D eigenvalue weighted by molar-refractivity contribution is 5.34. The normalized spacial score (nSPS) is 10.1. The van der Waals surface area contributed by atoms with Gasteiger partial charge in [0.15, 0.2) is 0 Å². The summed E-state index contributed by atoms with van der Waals surface area (Å²) in [6.07, 6.45) is 3.30. The van der Waals surface area contributed by atoms with Crippen molar-refractivity contribution in [2.24, 2.45) is 5.73 Å². The van der Waals surface area contributed by atoms with Crippen molar-refractivity contribution >= 4 is 0 Å². The summed E-state index contributed by atoms with van der Waals surface area (Å²) < 4.78 is 10.9. The molecular weight excluding hydrogens is 230 g/mol. The van der Waals surface area contributed by atoms with Crippen LogP contribution in [0.1, 0.15) is 12.5 Å². The zero-order valence-electron chi connectivity index (χ0n) is 10.2. The maximum absolute atomic E-state index is 5.52. The predicted molar refractivity (Wildman–Crippen MR) is 67.6 cm³/mol. The minimum atomic E-state index is 0.292. The van der Waals surface area contributed by atoms with E-state index in [0.717, 1.165) is 11.3 Å². The van der Waals surface area contributed by atoms with Gasteiger partial charge in [-0.15, -0.1) is 0 Å². The van der Waals surface area contributed by atoms with Crippen LogP contribution in [0.5, 0.6) is 17.5 Å². The molecule has 0 saturated heterocycles. The van der Waals surface area contributed by atoms with Gasteiger partial charge >= 0.3 is 6.01 Å². The molecule has 0 atom stereocenters. The second-order valence-corrected chi connectivity index (χ2v) is 3.59. The van der Waals surface area contributed by atoms with Crippen molar-refractivity contribution < 1.29 is 9.47 Å². The van der Waals surface area contributed by atoms with Crippen molar-refractivity contribution in [3.63, 3.8) is 0 Å². The third kappa shape index (κ3) is 3.18. The van der Waals surface area contributed by atoms with Gasteiger partial charge in [0.25, 0.3) is 0 Å². The number of hydrogen-bond donors (Lipinski definition) is 1. The van der Waals surface area contributed by atoms with Crippen LogP contribution in [0.2, 0.25) is 0 Å². The van der Waals surface area contributed by atoms with Crippen LogP contribution in [0.15, 0.2) is 36.7 Å². The van der Waals surface area contributed by atoms with Gasteiger partial charge in [-0.05, 0) is 19.1 Å². The molecule has 0 radical (unpaired) electrons. The molecule has 2 rings (SSSR count). The molecule has 0 bridgehead atoms. The van der Waals surface area contributed by atoms with Crippen LogP contribution in [-0.4, -0.2) is 16.6 Å². The van der Waals surface area contributed by atoms with E-state index >= 15 is 0 Å². The molecule has 0 fully saturated rings. The van der Waals surface area contributed by atoms with Crippen molar-refractivity contribution in [3.8, 4) is 17.5 Å². The highest BCUT2D eigenvalue weighted by Crippen LogP contribution is 2.22. The molecule has 0 amide bonds.